The molecule has 1 aromatic rings. The molecular weight excluding hydrogens is 231 g/mol. The van der Waals surface area contributed by atoms with Crippen molar-refractivity contribution in [1.82, 2.24) is 0 Å². The summed E-state index contributed by atoms with van der Waals surface area (Å²) in [5.41, 5.74) is 4.89. The van der Waals surface area contributed by atoms with Gasteiger partial charge in [0.05, 0.1) is 7.11 Å². The van der Waals surface area contributed by atoms with E-state index >= 15 is 0 Å². The van der Waals surface area contributed by atoms with Gasteiger partial charge in [-0.15, -0.1) is 0 Å². The second-order valence-corrected chi connectivity index (χ2v) is 4.40. The van der Waals surface area contributed by atoms with Crippen LogP contribution in [0.25, 0.3) is 0 Å². The summed E-state index contributed by atoms with van der Waals surface area (Å²) >= 11 is 0. The standard InChI is InChI=1S/C12H14F3NO/c1-17-11-8(14)5-7(13)10(15)9(11)12(6-16)3-2-4-12/h5H,2-4,6,16H2,1H3. The van der Waals surface area contributed by atoms with Crippen molar-refractivity contribution in [3.63, 3.8) is 0 Å². The van der Waals surface area contributed by atoms with Crippen molar-refractivity contribution in [2.24, 2.45) is 5.73 Å². The van der Waals surface area contributed by atoms with Crippen LogP contribution in [-0.4, -0.2) is 13.7 Å². The number of rotatable bonds is 3. The Kier molecular flexibility index (Phi) is 3.03. The van der Waals surface area contributed by atoms with E-state index in [1.54, 1.807) is 0 Å². The highest BCUT2D eigenvalue weighted by atomic mass is 19.2. The second kappa shape index (κ2) is 4.22. The predicted molar refractivity (Wildman–Crippen MR) is 57.5 cm³/mol. The Morgan fingerprint density at radius 2 is 1.94 bits per heavy atom. The molecule has 1 saturated carbocycles. The highest BCUT2D eigenvalue weighted by molar-refractivity contribution is 5.44. The fourth-order valence-electron chi connectivity index (χ4n) is 2.41. The number of hydrogen-bond acceptors (Lipinski definition) is 2. The average molecular weight is 245 g/mol. The maximum Gasteiger partial charge on any atom is 0.168 e. The zero-order valence-electron chi connectivity index (χ0n) is 9.53. The van der Waals surface area contributed by atoms with E-state index in [1.165, 1.54) is 7.11 Å². The van der Waals surface area contributed by atoms with Crippen molar-refractivity contribution in [2.45, 2.75) is 24.7 Å². The number of methoxy groups -OCH3 is 1. The Hall–Kier alpha value is -1.23. The molecule has 1 fully saturated rings. The largest absolute Gasteiger partial charge is 0.493 e. The molecule has 2 N–H and O–H groups in total. The third-order valence-electron chi connectivity index (χ3n) is 3.56. The van der Waals surface area contributed by atoms with Crippen molar-refractivity contribution in [3.8, 4) is 5.75 Å². The van der Waals surface area contributed by atoms with Gasteiger partial charge in [0.1, 0.15) is 0 Å². The van der Waals surface area contributed by atoms with Crippen molar-refractivity contribution in [3.05, 3.63) is 29.1 Å². The first-order chi connectivity index (χ1) is 8.05. The molecule has 0 atom stereocenters. The molecule has 0 unspecified atom stereocenters. The lowest BCUT2D eigenvalue weighted by Crippen LogP contribution is -2.43. The van der Waals surface area contributed by atoms with Crippen molar-refractivity contribution < 1.29 is 17.9 Å². The summed E-state index contributed by atoms with van der Waals surface area (Å²) in [6.07, 6.45) is 2.12. The third kappa shape index (κ3) is 1.69. The van der Waals surface area contributed by atoms with Gasteiger partial charge in [-0.1, -0.05) is 6.42 Å². The summed E-state index contributed by atoms with van der Waals surface area (Å²) in [5, 5.41) is 0. The van der Waals surface area contributed by atoms with Gasteiger partial charge in [0.25, 0.3) is 0 Å². The maximum atomic E-state index is 13.9. The molecule has 0 saturated heterocycles. The molecule has 94 valence electrons. The normalized spacial score (nSPS) is 17.7. The summed E-state index contributed by atoms with van der Waals surface area (Å²) in [6.45, 7) is 0.156. The Morgan fingerprint density at radius 3 is 2.35 bits per heavy atom. The van der Waals surface area contributed by atoms with E-state index in [4.69, 9.17) is 10.5 Å². The van der Waals surface area contributed by atoms with Crippen LogP contribution in [-0.2, 0) is 5.41 Å². The van der Waals surface area contributed by atoms with E-state index in [0.29, 0.717) is 18.9 Å². The van der Waals surface area contributed by atoms with E-state index in [-0.39, 0.29) is 17.9 Å². The first kappa shape index (κ1) is 12.2. The van der Waals surface area contributed by atoms with Gasteiger partial charge in [-0.2, -0.15) is 0 Å². The molecule has 1 aromatic carbocycles. The number of benzene rings is 1. The Morgan fingerprint density at radius 1 is 1.29 bits per heavy atom. The van der Waals surface area contributed by atoms with Crippen molar-refractivity contribution in [2.75, 3.05) is 13.7 Å². The molecule has 0 heterocycles. The summed E-state index contributed by atoms with van der Waals surface area (Å²) in [5.74, 6) is -3.36. The highest BCUT2D eigenvalue weighted by Gasteiger charge is 2.43. The van der Waals surface area contributed by atoms with Gasteiger partial charge in [-0.3, -0.25) is 0 Å². The lowest BCUT2D eigenvalue weighted by molar-refractivity contribution is 0.228. The van der Waals surface area contributed by atoms with Gasteiger partial charge >= 0.3 is 0 Å². The first-order valence-corrected chi connectivity index (χ1v) is 5.48. The SMILES string of the molecule is COc1c(F)cc(F)c(F)c1C1(CN)CCC1. The van der Waals surface area contributed by atoms with Crippen LogP contribution < -0.4 is 10.5 Å². The summed E-state index contributed by atoms with van der Waals surface area (Å²) in [6, 6.07) is 0.501. The monoisotopic (exact) mass is 245 g/mol. The van der Waals surface area contributed by atoms with Crippen LogP contribution in [0, 0.1) is 17.5 Å². The Bertz CT molecular complexity index is 438. The second-order valence-electron chi connectivity index (χ2n) is 4.40. The molecule has 0 aromatic heterocycles. The number of nitrogens with two attached hydrogens (primary N) is 1. The van der Waals surface area contributed by atoms with Crippen molar-refractivity contribution in [1.29, 1.82) is 0 Å². The highest BCUT2D eigenvalue weighted by Crippen LogP contribution is 2.48. The molecule has 1 aliphatic carbocycles. The molecule has 0 bridgehead atoms. The zero-order chi connectivity index (χ0) is 12.6. The van der Waals surface area contributed by atoms with E-state index in [1.807, 2.05) is 0 Å². The Balaban J connectivity index is 2.65. The average Bonchev–Trinajstić information content (AvgIpc) is 2.24. The van der Waals surface area contributed by atoms with Crippen LogP contribution in [0.15, 0.2) is 6.07 Å². The number of hydrogen-bond donors (Lipinski definition) is 1. The van der Waals surface area contributed by atoms with Crippen LogP contribution in [0.5, 0.6) is 5.75 Å². The predicted octanol–water partition coefficient (Wildman–Crippen LogP) is 2.49. The molecule has 0 spiro atoms. The fourth-order valence-corrected chi connectivity index (χ4v) is 2.41. The minimum absolute atomic E-state index is 0.0498. The van der Waals surface area contributed by atoms with Gasteiger partial charge in [0, 0.05) is 23.6 Å². The summed E-state index contributed by atoms with van der Waals surface area (Å²) in [7, 11) is 1.24. The van der Waals surface area contributed by atoms with Crippen LogP contribution in [0.1, 0.15) is 24.8 Å². The van der Waals surface area contributed by atoms with Crippen LogP contribution in [0.4, 0.5) is 13.2 Å². The number of ether oxygens (including phenoxy) is 1. The van der Waals surface area contributed by atoms with Crippen molar-refractivity contribution >= 4 is 0 Å². The van der Waals surface area contributed by atoms with Gasteiger partial charge in [0.15, 0.2) is 23.2 Å². The molecule has 1 aliphatic rings. The minimum atomic E-state index is -1.20. The van der Waals surface area contributed by atoms with Gasteiger partial charge in [-0.25, -0.2) is 13.2 Å². The molecule has 17 heavy (non-hydrogen) atoms. The first-order valence-electron chi connectivity index (χ1n) is 5.48. The molecule has 2 nitrogen and oxygen atoms in total. The fraction of sp³-hybridized carbons (Fsp3) is 0.500. The number of halogens is 3. The molecule has 0 radical (unpaired) electrons. The maximum absolute atomic E-state index is 13.9. The molecule has 5 heteroatoms. The van der Waals surface area contributed by atoms with Crippen LogP contribution in [0.3, 0.4) is 0 Å². The minimum Gasteiger partial charge on any atom is -0.493 e. The molecule has 2 rings (SSSR count). The zero-order valence-corrected chi connectivity index (χ0v) is 9.53. The molecule has 0 aliphatic heterocycles. The summed E-state index contributed by atoms with van der Waals surface area (Å²) < 4.78 is 45.5. The lowest BCUT2D eigenvalue weighted by atomic mass is 9.64. The van der Waals surface area contributed by atoms with Gasteiger partial charge < -0.3 is 10.5 Å². The van der Waals surface area contributed by atoms with E-state index in [0.717, 1.165) is 6.42 Å². The summed E-state index contributed by atoms with van der Waals surface area (Å²) in [4.78, 5) is 0. The lowest BCUT2D eigenvalue weighted by Gasteiger charge is -2.42. The van der Waals surface area contributed by atoms with Crippen LogP contribution in [0.2, 0.25) is 0 Å². The Labute approximate surface area is 97.6 Å². The topological polar surface area (TPSA) is 35.2 Å². The third-order valence-corrected chi connectivity index (χ3v) is 3.56. The van der Waals surface area contributed by atoms with E-state index in [9.17, 15) is 13.2 Å². The molecular formula is C12H14F3NO. The van der Waals surface area contributed by atoms with Crippen LogP contribution >= 0.6 is 0 Å². The van der Waals surface area contributed by atoms with Gasteiger partial charge in [0.2, 0.25) is 0 Å². The quantitative estimate of drug-likeness (QED) is 0.830. The smallest absolute Gasteiger partial charge is 0.168 e. The van der Waals surface area contributed by atoms with E-state index in [2.05, 4.69) is 0 Å². The van der Waals surface area contributed by atoms with E-state index < -0.39 is 22.9 Å². The van der Waals surface area contributed by atoms with Gasteiger partial charge in [-0.05, 0) is 12.8 Å². The molecule has 0 amide bonds.